The maximum Gasteiger partial charge on any atom is 0.219 e. The number of hydrogen-bond acceptors (Lipinski definition) is 4. The molecule has 128 valence electrons. The van der Waals surface area contributed by atoms with E-state index in [0.29, 0.717) is 12.3 Å². The molecule has 1 heterocycles. The predicted molar refractivity (Wildman–Crippen MR) is 98.5 cm³/mol. The van der Waals surface area contributed by atoms with Gasteiger partial charge in [0.2, 0.25) is 5.88 Å². The lowest BCUT2D eigenvalue weighted by molar-refractivity contribution is -0.107. The van der Waals surface area contributed by atoms with Gasteiger partial charge in [-0.15, -0.1) is 0 Å². The molecule has 0 aliphatic rings. The molecule has 0 atom stereocenters. The lowest BCUT2D eigenvalue weighted by Gasteiger charge is -2.13. The van der Waals surface area contributed by atoms with E-state index in [1.165, 1.54) is 0 Å². The standard InChI is InChI=1S/C21H21NO3/c1-14(2)24-20-8-6-18(12-15(20)3)25-21-9-5-17-13-16(10-11-23)4-7-19(17)22-21/h4-9,11-14H,10H2,1-3H3. The average Bonchev–Trinajstić information content (AvgIpc) is 2.57. The molecule has 0 spiro atoms. The van der Waals surface area contributed by atoms with E-state index < -0.39 is 0 Å². The first-order valence-electron chi connectivity index (χ1n) is 8.33. The number of ether oxygens (including phenoxy) is 2. The van der Waals surface area contributed by atoms with Gasteiger partial charge in [0.15, 0.2) is 0 Å². The minimum atomic E-state index is 0.136. The molecular formula is C21H21NO3. The molecule has 0 saturated carbocycles. The molecular weight excluding hydrogens is 314 g/mol. The molecule has 0 amide bonds. The fourth-order valence-electron chi connectivity index (χ4n) is 2.63. The maximum atomic E-state index is 10.6. The van der Waals surface area contributed by atoms with Gasteiger partial charge in [0.05, 0.1) is 11.6 Å². The monoisotopic (exact) mass is 335 g/mol. The summed E-state index contributed by atoms with van der Waals surface area (Å²) >= 11 is 0. The van der Waals surface area contributed by atoms with Crippen molar-refractivity contribution in [2.45, 2.75) is 33.3 Å². The molecule has 25 heavy (non-hydrogen) atoms. The lowest BCUT2D eigenvalue weighted by atomic mass is 10.1. The molecule has 0 unspecified atom stereocenters. The van der Waals surface area contributed by atoms with E-state index in [1.807, 2.05) is 69.3 Å². The molecule has 0 saturated heterocycles. The number of benzene rings is 2. The van der Waals surface area contributed by atoms with E-state index in [0.717, 1.165) is 39.8 Å². The molecule has 0 radical (unpaired) electrons. The van der Waals surface area contributed by atoms with Crippen LogP contribution in [0.4, 0.5) is 0 Å². The van der Waals surface area contributed by atoms with Gasteiger partial charge in [-0.2, -0.15) is 0 Å². The Hall–Kier alpha value is -2.88. The van der Waals surface area contributed by atoms with Gasteiger partial charge in [-0.25, -0.2) is 4.98 Å². The molecule has 3 aromatic rings. The highest BCUT2D eigenvalue weighted by Crippen LogP contribution is 2.28. The number of aryl methyl sites for hydroxylation is 1. The third-order valence-electron chi connectivity index (χ3n) is 3.78. The third-order valence-corrected chi connectivity index (χ3v) is 3.78. The van der Waals surface area contributed by atoms with E-state index >= 15 is 0 Å². The van der Waals surface area contributed by atoms with E-state index in [9.17, 15) is 4.79 Å². The molecule has 0 fully saturated rings. The topological polar surface area (TPSA) is 48.4 Å². The van der Waals surface area contributed by atoms with Crippen LogP contribution in [0.3, 0.4) is 0 Å². The van der Waals surface area contributed by atoms with E-state index in [2.05, 4.69) is 4.98 Å². The molecule has 4 nitrogen and oxygen atoms in total. The van der Waals surface area contributed by atoms with Gasteiger partial charge in [0.1, 0.15) is 17.8 Å². The zero-order valence-electron chi connectivity index (χ0n) is 14.7. The summed E-state index contributed by atoms with van der Waals surface area (Å²) in [5.41, 5.74) is 2.84. The van der Waals surface area contributed by atoms with Crippen molar-refractivity contribution in [1.82, 2.24) is 4.98 Å². The molecule has 0 bridgehead atoms. The minimum absolute atomic E-state index is 0.136. The van der Waals surface area contributed by atoms with Gasteiger partial charge in [-0.3, -0.25) is 0 Å². The van der Waals surface area contributed by atoms with Crippen molar-refractivity contribution >= 4 is 17.2 Å². The lowest BCUT2D eigenvalue weighted by Crippen LogP contribution is -2.06. The second-order valence-corrected chi connectivity index (χ2v) is 6.24. The fourth-order valence-corrected chi connectivity index (χ4v) is 2.63. The molecule has 3 rings (SSSR count). The zero-order valence-corrected chi connectivity index (χ0v) is 14.7. The highest BCUT2D eigenvalue weighted by atomic mass is 16.5. The van der Waals surface area contributed by atoms with Crippen LogP contribution in [-0.4, -0.2) is 17.4 Å². The number of hydrogen-bond donors (Lipinski definition) is 0. The van der Waals surface area contributed by atoms with Gasteiger partial charge in [0, 0.05) is 17.9 Å². The normalized spacial score (nSPS) is 10.9. The number of nitrogens with zero attached hydrogens (tertiary/aromatic N) is 1. The van der Waals surface area contributed by atoms with Crippen molar-refractivity contribution < 1.29 is 14.3 Å². The SMILES string of the molecule is Cc1cc(Oc2ccc3cc(CC=O)ccc3n2)ccc1OC(C)C. The Bertz CT molecular complexity index is 903. The Balaban J connectivity index is 1.81. The van der Waals surface area contributed by atoms with Crippen LogP contribution in [0.1, 0.15) is 25.0 Å². The van der Waals surface area contributed by atoms with Crippen molar-refractivity contribution in [3.63, 3.8) is 0 Å². The van der Waals surface area contributed by atoms with Crippen LogP contribution >= 0.6 is 0 Å². The van der Waals surface area contributed by atoms with Crippen molar-refractivity contribution in [2.24, 2.45) is 0 Å². The summed E-state index contributed by atoms with van der Waals surface area (Å²) < 4.78 is 11.6. The number of rotatable bonds is 6. The molecule has 1 aromatic heterocycles. The number of aldehydes is 1. The van der Waals surface area contributed by atoms with E-state index in [-0.39, 0.29) is 6.10 Å². The summed E-state index contributed by atoms with van der Waals surface area (Å²) in [7, 11) is 0. The fraction of sp³-hybridized carbons (Fsp3) is 0.238. The second kappa shape index (κ2) is 7.34. The summed E-state index contributed by atoms with van der Waals surface area (Å²) in [6, 6.07) is 15.3. The van der Waals surface area contributed by atoms with Gasteiger partial charge in [-0.05, 0) is 68.3 Å². The Morgan fingerprint density at radius 2 is 1.92 bits per heavy atom. The third kappa shape index (κ3) is 4.15. The van der Waals surface area contributed by atoms with Gasteiger partial charge < -0.3 is 14.3 Å². The van der Waals surface area contributed by atoms with Crippen LogP contribution in [-0.2, 0) is 11.2 Å². The van der Waals surface area contributed by atoms with E-state index in [4.69, 9.17) is 9.47 Å². The zero-order chi connectivity index (χ0) is 17.8. The molecule has 0 aliphatic carbocycles. The van der Waals surface area contributed by atoms with E-state index in [1.54, 1.807) is 0 Å². The van der Waals surface area contributed by atoms with Gasteiger partial charge in [-0.1, -0.05) is 6.07 Å². The highest BCUT2D eigenvalue weighted by molar-refractivity contribution is 5.80. The average molecular weight is 335 g/mol. The number of aromatic nitrogens is 1. The van der Waals surface area contributed by atoms with Crippen LogP contribution in [0, 0.1) is 6.92 Å². The smallest absolute Gasteiger partial charge is 0.219 e. The van der Waals surface area contributed by atoms with Gasteiger partial charge >= 0.3 is 0 Å². The summed E-state index contributed by atoms with van der Waals surface area (Å²) in [4.78, 5) is 15.2. The van der Waals surface area contributed by atoms with Crippen molar-refractivity contribution in [3.05, 3.63) is 59.7 Å². The first-order valence-corrected chi connectivity index (χ1v) is 8.33. The Labute approximate surface area is 147 Å². The number of pyridine rings is 1. The summed E-state index contributed by atoms with van der Waals surface area (Å²) in [5, 5.41) is 0.989. The van der Waals surface area contributed by atoms with Crippen molar-refractivity contribution in [2.75, 3.05) is 0 Å². The van der Waals surface area contributed by atoms with Crippen LogP contribution in [0.2, 0.25) is 0 Å². The summed E-state index contributed by atoms with van der Waals surface area (Å²) in [5.74, 6) is 2.11. The summed E-state index contributed by atoms with van der Waals surface area (Å²) in [6.45, 7) is 6.00. The van der Waals surface area contributed by atoms with Crippen molar-refractivity contribution in [1.29, 1.82) is 0 Å². The minimum Gasteiger partial charge on any atom is -0.491 e. The number of carbonyl (C=O) groups is 1. The quantitative estimate of drug-likeness (QED) is 0.603. The molecule has 0 N–H and O–H groups in total. The number of fused-ring (bicyclic) bond motifs is 1. The number of carbonyl (C=O) groups excluding carboxylic acids is 1. The van der Waals surface area contributed by atoms with Crippen LogP contribution in [0.25, 0.3) is 10.9 Å². The Kier molecular flexibility index (Phi) is 4.98. The first-order chi connectivity index (χ1) is 12.0. The highest BCUT2D eigenvalue weighted by Gasteiger charge is 2.06. The Morgan fingerprint density at radius 1 is 1.08 bits per heavy atom. The van der Waals surface area contributed by atoms with Crippen LogP contribution in [0.15, 0.2) is 48.5 Å². The van der Waals surface area contributed by atoms with Crippen molar-refractivity contribution in [3.8, 4) is 17.4 Å². The van der Waals surface area contributed by atoms with Gasteiger partial charge in [0.25, 0.3) is 0 Å². The molecule has 0 aliphatic heterocycles. The predicted octanol–water partition coefficient (Wildman–Crippen LogP) is 4.86. The maximum absolute atomic E-state index is 10.6. The first kappa shape index (κ1) is 17.0. The van der Waals surface area contributed by atoms with Crippen LogP contribution in [0.5, 0.6) is 17.4 Å². The Morgan fingerprint density at radius 3 is 2.64 bits per heavy atom. The van der Waals surface area contributed by atoms with Crippen LogP contribution < -0.4 is 9.47 Å². The molecule has 2 aromatic carbocycles. The second-order valence-electron chi connectivity index (χ2n) is 6.24. The largest absolute Gasteiger partial charge is 0.491 e. The molecule has 4 heteroatoms. The summed E-state index contributed by atoms with van der Waals surface area (Å²) in [6.07, 6.45) is 1.45.